The van der Waals surface area contributed by atoms with Crippen molar-refractivity contribution in [2.24, 2.45) is 7.05 Å². The van der Waals surface area contributed by atoms with E-state index in [4.69, 9.17) is 5.73 Å². The van der Waals surface area contributed by atoms with Crippen LogP contribution in [0.3, 0.4) is 0 Å². The van der Waals surface area contributed by atoms with E-state index in [0.717, 1.165) is 17.0 Å². The van der Waals surface area contributed by atoms with Crippen LogP contribution in [0.25, 0.3) is 0 Å². The Morgan fingerprint density at radius 1 is 1.29 bits per heavy atom. The largest absolute Gasteiger partial charge is 0.399 e. The Labute approximate surface area is 125 Å². The third-order valence-corrected chi connectivity index (χ3v) is 5.14. The summed E-state index contributed by atoms with van der Waals surface area (Å²) in [7, 11) is -1.77. The summed E-state index contributed by atoms with van der Waals surface area (Å²) in [5.41, 5.74) is 9.42. The maximum absolute atomic E-state index is 12.4. The van der Waals surface area contributed by atoms with Gasteiger partial charge in [0.25, 0.3) is 0 Å². The number of rotatable bonds is 4. The Bertz CT molecular complexity index is 779. The lowest BCUT2D eigenvalue weighted by Gasteiger charge is -2.10. The van der Waals surface area contributed by atoms with Crippen molar-refractivity contribution >= 4 is 15.7 Å². The summed E-state index contributed by atoms with van der Waals surface area (Å²) in [5.74, 6) is 0. The van der Waals surface area contributed by atoms with Gasteiger partial charge in [-0.05, 0) is 38.5 Å². The minimum atomic E-state index is -3.60. The van der Waals surface area contributed by atoms with Crippen LogP contribution in [0.15, 0.2) is 23.1 Å². The van der Waals surface area contributed by atoms with Gasteiger partial charge >= 0.3 is 0 Å². The van der Waals surface area contributed by atoms with Gasteiger partial charge in [-0.1, -0.05) is 6.07 Å². The van der Waals surface area contributed by atoms with Crippen LogP contribution in [0, 0.1) is 20.8 Å². The normalized spacial score (nSPS) is 11.8. The Morgan fingerprint density at radius 2 is 1.95 bits per heavy atom. The number of aromatic nitrogens is 2. The SMILES string of the molecule is Cc1ccc(N)cc1S(=O)(=O)NCc1c(C)nn(C)c1C. The summed E-state index contributed by atoms with van der Waals surface area (Å²) in [6, 6.07) is 4.86. The van der Waals surface area contributed by atoms with Gasteiger partial charge in [0.05, 0.1) is 10.6 Å². The highest BCUT2D eigenvalue weighted by Crippen LogP contribution is 2.19. The van der Waals surface area contributed by atoms with Crippen LogP contribution in [-0.4, -0.2) is 18.2 Å². The number of hydrogen-bond donors (Lipinski definition) is 2. The van der Waals surface area contributed by atoms with Gasteiger partial charge in [0.1, 0.15) is 0 Å². The zero-order valence-corrected chi connectivity index (χ0v) is 13.5. The maximum Gasteiger partial charge on any atom is 0.241 e. The van der Waals surface area contributed by atoms with Crippen molar-refractivity contribution in [2.75, 3.05) is 5.73 Å². The molecule has 21 heavy (non-hydrogen) atoms. The molecule has 6 nitrogen and oxygen atoms in total. The number of nitrogen functional groups attached to an aromatic ring is 1. The molecule has 2 rings (SSSR count). The van der Waals surface area contributed by atoms with Gasteiger partial charge in [0, 0.05) is 30.5 Å². The predicted molar refractivity (Wildman–Crippen MR) is 82.3 cm³/mol. The smallest absolute Gasteiger partial charge is 0.241 e. The summed E-state index contributed by atoms with van der Waals surface area (Å²) in [5, 5.41) is 4.28. The zero-order valence-electron chi connectivity index (χ0n) is 12.6. The number of hydrogen-bond acceptors (Lipinski definition) is 4. The highest BCUT2D eigenvalue weighted by molar-refractivity contribution is 7.89. The fourth-order valence-electron chi connectivity index (χ4n) is 2.22. The Kier molecular flexibility index (Phi) is 4.06. The summed E-state index contributed by atoms with van der Waals surface area (Å²) in [4.78, 5) is 0.210. The van der Waals surface area contributed by atoms with Crippen molar-refractivity contribution in [2.45, 2.75) is 32.2 Å². The van der Waals surface area contributed by atoms with Gasteiger partial charge in [0.15, 0.2) is 0 Å². The molecule has 0 amide bonds. The summed E-state index contributed by atoms with van der Waals surface area (Å²) >= 11 is 0. The van der Waals surface area contributed by atoms with Crippen LogP contribution in [0.2, 0.25) is 0 Å². The first-order valence-corrected chi connectivity index (χ1v) is 8.05. The number of nitrogens with zero attached hydrogens (tertiary/aromatic N) is 2. The third-order valence-electron chi connectivity index (χ3n) is 3.60. The highest BCUT2D eigenvalue weighted by Gasteiger charge is 2.19. The number of benzene rings is 1. The minimum absolute atomic E-state index is 0.210. The molecule has 7 heteroatoms. The molecular weight excluding hydrogens is 288 g/mol. The molecule has 0 fully saturated rings. The second-order valence-electron chi connectivity index (χ2n) is 5.12. The van der Waals surface area contributed by atoms with Gasteiger partial charge in [-0.15, -0.1) is 0 Å². The molecule has 0 unspecified atom stereocenters. The molecule has 0 saturated carbocycles. The lowest BCUT2D eigenvalue weighted by Crippen LogP contribution is -2.24. The van der Waals surface area contributed by atoms with Gasteiger partial charge in [0.2, 0.25) is 10.0 Å². The summed E-state index contributed by atoms with van der Waals surface area (Å²) in [6.45, 7) is 5.73. The second-order valence-corrected chi connectivity index (χ2v) is 6.86. The maximum atomic E-state index is 12.4. The Balaban J connectivity index is 2.28. The summed E-state index contributed by atoms with van der Waals surface area (Å²) in [6.07, 6.45) is 0. The van der Waals surface area contributed by atoms with Crippen molar-refractivity contribution < 1.29 is 8.42 Å². The van der Waals surface area contributed by atoms with Gasteiger partial charge in [-0.2, -0.15) is 5.10 Å². The first-order chi connectivity index (χ1) is 9.72. The number of sulfonamides is 1. The Hall–Kier alpha value is -1.86. The van der Waals surface area contributed by atoms with Crippen LogP contribution in [0.4, 0.5) is 5.69 Å². The standard InChI is InChI=1S/C14H20N4O2S/c1-9-5-6-12(15)7-14(9)21(19,20)16-8-13-10(2)17-18(4)11(13)3/h5-7,16H,8,15H2,1-4H3. The van der Waals surface area contributed by atoms with Crippen LogP contribution in [0.5, 0.6) is 0 Å². The second kappa shape index (κ2) is 5.50. The lowest BCUT2D eigenvalue weighted by atomic mass is 10.2. The van der Waals surface area contributed by atoms with E-state index in [9.17, 15) is 8.42 Å². The monoisotopic (exact) mass is 308 g/mol. The third kappa shape index (κ3) is 3.08. The van der Waals surface area contributed by atoms with E-state index in [0.29, 0.717) is 11.3 Å². The molecule has 0 saturated heterocycles. The number of aryl methyl sites for hydroxylation is 3. The lowest BCUT2D eigenvalue weighted by molar-refractivity contribution is 0.580. The van der Waals surface area contributed by atoms with Crippen LogP contribution < -0.4 is 10.5 Å². The van der Waals surface area contributed by atoms with Crippen LogP contribution in [0.1, 0.15) is 22.5 Å². The Morgan fingerprint density at radius 3 is 2.52 bits per heavy atom. The molecule has 2 aromatic rings. The number of nitrogens with two attached hydrogens (primary N) is 1. The van der Waals surface area contributed by atoms with E-state index in [2.05, 4.69) is 9.82 Å². The molecule has 1 heterocycles. The van der Waals surface area contributed by atoms with E-state index in [1.807, 2.05) is 20.9 Å². The van der Waals surface area contributed by atoms with Crippen molar-refractivity contribution in [3.05, 3.63) is 40.7 Å². The van der Waals surface area contributed by atoms with Gasteiger partial charge in [-0.25, -0.2) is 13.1 Å². The predicted octanol–water partition coefficient (Wildman–Crippen LogP) is 1.41. The quantitative estimate of drug-likeness (QED) is 0.836. The van der Waals surface area contributed by atoms with Crippen LogP contribution in [-0.2, 0) is 23.6 Å². The summed E-state index contributed by atoms with van der Waals surface area (Å²) < 4.78 is 29.2. The van der Waals surface area contributed by atoms with Gasteiger partial charge in [-0.3, -0.25) is 4.68 Å². The fraction of sp³-hybridized carbons (Fsp3) is 0.357. The molecule has 3 N–H and O–H groups in total. The van der Waals surface area contributed by atoms with E-state index in [1.165, 1.54) is 6.07 Å². The molecule has 0 aliphatic carbocycles. The first kappa shape index (κ1) is 15.5. The molecule has 0 bridgehead atoms. The molecule has 1 aromatic carbocycles. The molecule has 0 spiro atoms. The first-order valence-electron chi connectivity index (χ1n) is 6.57. The van der Waals surface area contributed by atoms with Crippen molar-refractivity contribution in [1.82, 2.24) is 14.5 Å². The molecule has 114 valence electrons. The number of nitrogens with one attached hydrogen (secondary N) is 1. The minimum Gasteiger partial charge on any atom is -0.399 e. The molecular formula is C14H20N4O2S. The molecule has 0 atom stereocenters. The van der Waals surface area contributed by atoms with Crippen molar-refractivity contribution in [3.8, 4) is 0 Å². The van der Waals surface area contributed by atoms with Crippen LogP contribution >= 0.6 is 0 Å². The highest BCUT2D eigenvalue weighted by atomic mass is 32.2. The van der Waals surface area contributed by atoms with E-state index >= 15 is 0 Å². The van der Waals surface area contributed by atoms with E-state index < -0.39 is 10.0 Å². The van der Waals surface area contributed by atoms with E-state index in [1.54, 1.807) is 23.7 Å². The molecule has 1 aromatic heterocycles. The zero-order chi connectivity index (χ0) is 15.8. The number of anilines is 1. The van der Waals surface area contributed by atoms with Crippen molar-refractivity contribution in [1.29, 1.82) is 0 Å². The average Bonchev–Trinajstić information content (AvgIpc) is 2.64. The molecule has 0 aliphatic rings. The fourth-order valence-corrected chi connectivity index (χ4v) is 3.50. The average molecular weight is 308 g/mol. The topological polar surface area (TPSA) is 90.0 Å². The van der Waals surface area contributed by atoms with E-state index in [-0.39, 0.29) is 11.4 Å². The molecule has 0 aliphatic heterocycles. The van der Waals surface area contributed by atoms with Gasteiger partial charge < -0.3 is 5.73 Å². The molecule has 0 radical (unpaired) electrons. The van der Waals surface area contributed by atoms with Crippen molar-refractivity contribution in [3.63, 3.8) is 0 Å².